The van der Waals surface area contributed by atoms with E-state index in [9.17, 15) is 19.5 Å². The van der Waals surface area contributed by atoms with E-state index < -0.39 is 17.5 Å². The van der Waals surface area contributed by atoms with Gasteiger partial charge in [0.25, 0.3) is 0 Å². The maximum atomic E-state index is 12.7. The van der Waals surface area contributed by atoms with Crippen molar-refractivity contribution >= 4 is 17.5 Å². The smallest absolute Gasteiger partial charge is 0.338 e. The van der Waals surface area contributed by atoms with Gasteiger partial charge in [-0.05, 0) is 19.1 Å². The summed E-state index contributed by atoms with van der Waals surface area (Å²) in [7, 11) is 0. The molecular formula is C18H12O5. The number of phenols is 1. The van der Waals surface area contributed by atoms with Gasteiger partial charge in [0.1, 0.15) is 11.5 Å². The summed E-state index contributed by atoms with van der Waals surface area (Å²) >= 11 is 0. The summed E-state index contributed by atoms with van der Waals surface area (Å²) in [6, 6.07) is 8.82. The standard InChI is InChI=1S/C18H12O5/c1-9(2)18(22)23-13-8-7-12(19)14-15(13)17(21)11-6-4-3-5-10(11)16(14)20/h3-8,19H,1H2,2H3. The Morgan fingerprint density at radius 1 is 1.00 bits per heavy atom. The zero-order valence-corrected chi connectivity index (χ0v) is 12.3. The van der Waals surface area contributed by atoms with Crippen molar-refractivity contribution in [2.45, 2.75) is 6.92 Å². The average molecular weight is 308 g/mol. The van der Waals surface area contributed by atoms with E-state index in [0.717, 1.165) is 0 Å². The van der Waals surface area contributed by atoms with Crippen LogP contribution in [-0.4, -0.2) is 22.6 Å². The first-order valence-electron chi connectivity index (χ1n) is 6.84. The van der Waals surface area contributed by atoms with Gasteiger partial charge in [0.2, 0.25) is 0 Å². The molecule has 0 fully saturated rings. The molecule has 0 amide bonds. The van der Waals surface area contributed by atoms with E-state index in [1.165, 1.54) is 31.2 Å². The molecule has 0 atom stereocenters. The van der Waals surface area contributed by atoms with E-state index >= 15 is 0 Å². The lowest BCUT2D eigenvalue weighted by molar-refractivity contribution is -0.130. The van der Waals surface area contributed by atoms with Crippen LogP contribution < -0.4 is 4.74 Å². The van der Waals surface area contributed by atoms with Crippen LogP contribution in [0.1, 0.15) is 38.8 Å². The van der Waals surface area contributed by atoms with Crippen LogP contribution in [0.3, 0.4) is 0 Å². The molecule has 0 bridgehead atoms. The van der Waals surface area contributed by atoms with E-state index in [4.69, 9.17) is 4.74 Å². The van der Waals surface area contributed by atoms with Crippen LogP contribution in [-0.2, 0) is 4.79 Å². The normalized spacial score (nSPS) is 12.4. The molecule has 0 spiro atoms. The second-order valence-electron chi connectivity index (χ2n) is 5.21. The Bertz CT molecular complexity index is 892. The molecule has 0 saturated carbocycles. The van der Waals surface area contributed by atoms with Crippen molar-refractivity contribution in [3.05, 3.63) is 70.8 Å². The molecule has 2 aromatic rings. The third-order valence-corrected chi connectivity index (χ3v) is 3.57. The Hall–Kier alpha value is -3.21. The molecule has 114 valence electrons. The summed E-state index contributed by atoms with van der Waals surface area (Å²) < 4.78 is 5.14. The SMILES string of the molecule is C=C(C)C(=O)Oc1ccc(O)c2c1C(=O)c1ccccc1C2=O. The molecule has 3 rings (SSSR count). The Morgan fingerprint density at radius 3 is 2.13 bits per heavy atom. The maximum Gasteiger partial charge on any atom is 0.338 e. The van der Waals surface area contributed by atoms with Gasteiger partial charge >= 0.3 is 5.97 Å². The molecule has 0 heterocycles. The monoisotopic (exact) mass is 308 g/mol. The number of carbonyl (C=O) groups is 3. The molecule has 1 N–H and O–H groups in total. The number of carbonyl (C=O) groups excluding carboxylic acids is 3. The summed E-state index contributed by atoms with van der Waals surface area (Å²) in [5.74, 6) is -2.07. The van der Waals surface area contributed by atoms with Gasteiger partial charge in [-0.15, -0.1) is 0 Å². The Morgan fingerprint density at radius 2 is 1.57 bits per heavy atom. The highest BCUT2D eigenvalue weighted by molar-refractivity contribution is 6.30. The Balaban J connectivity index is 2.23. The number of hydrogen-bond donors (Lipinski definition) is 1. The van der Waals surface area contributed by atoms with Crippen LogP contribution in [0, 0.1) is 0 Å². The topological polar surface area (TPSA) is 80.7 Å². The van der Waals surface area contributed by atoms with Crippen molar-refractivity contribution in [3.8, 4) is 11.5 Å². The number of rotatable bonds is 2. The van der Waals surface area contributed by atoms with Crippen molar-refractivity contribution in [3.63, 3.8) is 0 Å². The number of benzene rings is 2. The predicted molar refractivity (Wildman–Crippen MR) is 81.9 cm³/mol. The molecule has 5 nitrogen and oxygen atoms in total. The molecule has 5 heteroatoms. The first kappa shape index (κ1) is 14.7. The van der Waals surface area contributed by atoms with Gasteiger partial charge in [0.15, 0.2) is 11.6 Å². The fourth-order valence-corrected chi connectivity index (χ4v) is 2.45. The molecule has 0 saturated heterocycles. The van der Waals surface area contributed by atoms with Crippen LogP contribution >= 0.6 is 0 Å². The minimum absolute atomic E-state index is 0.0707. The number of esters is 1. The summed E-state index contributed by atoms with van der Waals surface area (Å²) in [4.78, 5) is 37.0. The van der Waals surface area contributed by atoms with Crippen molar-refractivity contribution in [1.29, 1.82) is 0 Å². The number of phenolic OH excluding ortho intramolecular Hbond substituents is 1. The van der Waals surface area contributed by atoms with Crippen LogP contribution in [0.2, 0.25) is 0 Å². The van der Waals surface area contributed by atoms with E-state index in [1.807, 2.05) is 0 Å². The molecule has 23 heavy (non-hydrogen) atoms. The van der Waals surface area contributed by atoms with Crippen LogP contribution in [0.15, 0.2) is 48.6 Å². The number of aromatic hydroxyl groups is 1. The molecule has 1 aliphatic rings. The third-order valence-electron chi connectivity index (χ3n) is 3.57. The highest BCUT2D eigenvalue weighted by atomic mass is 16.5. The Kier molecular flexibility index (Phi) is 3.33. The highest BCUT2D eigenvalue weighted by Gasteiger charge is 2.35. The lowest BCUT2D eigenvalue weighted by atomic mass is 9.83. The zero-order valence-electron chi connectivity index (χ0n) is 12.3. The van der Waals surface area contributed by atoms with E-state index in [1.54, 1.807) is 12.1 Å². The summed E-state index contributed by atoms with van der Waals surface area (Å²) in [6.07, 6.45) is 0. The van der Waals surface area contributed by atoms with Crippen LogP contribution in [0.4, 0.5) is 0 Å². The maximum absolute atomic E-state index is 12.7. The van der Waals surface area contributed by atoms with Gasteiger partial charge in [-0.1, -0.05) is 30.8 Å². The van der Waals surface area contributed by atoms with Gasteiger partial charge < -0.3 is 9.84 Å². The highest BCUT2D eigenvalue weighted by Crippen LogP contribution is 2.38. The molecule has 0 radical (unpaired) electrons. The lowest BCUT2D eigenvalue weighted by Gasteiger charge is -2.20. The predicted octanol–water partition coefficient (Wildman–Crippen LogP) is 2.65. The number of hydrogen-bond acceptors (Lipinski definition) is 5. The van der Waals surface area contributed by atoms with Gasteiger partial charge in [0, 0.05) is 16.7 Å². The third kappa shape index (κ3) is 2.23. The Labute approximate surface area is 131 Å². The van der Waals surface area contributed by atoms with Gasteiger partial charge in [-0.2, -0.15) is 0 Å². The van der Waals surface area contributed by atoms with Crippen LogP contribution in [0.25, 0.3) is 0 Å². The summed E-state index contributed by atoms with van der Waals surface area (Å²) in [5, 5.41) is 10.0. The van der Waals surface area contributed by atoms with E-state index in [-0.39, 0.29) is 39.3 Å². The summed E-state index contributed by atoms with van der Waals surface area (Å²) in [5.41, 5.74) is 0.317. The van der Waals surface area contributed by atoms with Gasteiger partial charge in [-0.3, -0.25) is 9.59 Å². The molecule has 0 aromatic heterocycles. The molecule has 0 aliphatic heterocycles. The fourth-order valence-electron chi connectivity index (χ4n) is 2.45. The first-order valence-corrected chi connectivity index (χ1v) is 6.84. The molecule has 0 unspecified atom stereocenters. The first-order chi connectivity index (χ1) is 10.9. The molecule has 1 aliphatic carbocycles. The van der Waals surface area contributed by atoms with Crippen molar-refractivity contribution in [1.82, 2.24) is 0 Å². The van der Waals surface area contributed by atoms with Gasteiger partial charge in [-0.25, -0.2) is 4.79 Å². The van der Waals surface area contributed by atoms with Crippen molar-refractivity contribution in [2.75, 3.05) is 0 Å². The van der Waals surface area contributed by atoms with E-state index in [0.29, 0.717) is 0 Å². The second kappa shape index (κ2) is 5.21. The van der Waals surface area contributed by atoms with E-state index in [2.05, 4.69) is 6.58 Å². The lowest BCUT2D eigenvalue weighted by Crippen LogP contribution is -2.23. The average Bonchev–Trinajstić information content (AvgIpc) is 2.54. The fraction of sp³-hybridized carbons (Fsp3) is 0.0556. The van der Waals surface area contributed by atoms with Crippen molar-refractivity contribution < 1.29 is 24.2 Å². The quantitative estimate of drug-likeness (QED) is 0.447. The molecule has 2 aromatic carbocycles. The minimum atomic E-state index is -0.711. The van der Waals surface area contributed by atoms with Gasteiger partial charge in [0.05, 0.1) is 11.1 Å². The van der Waals surface area contributed by atoms with Crippen LogP contribution in [0.5, 0.6) is 11.5 Å². The van der Waals surface area contributed by atoms with Crippen molar-refractivity contribution in [2.24, 2.45) is 0 Å². The molecular weight excluding hydrogens is 296 g/mol. The summed E-state index contributed by atoms with van der Waals surface area (Å²) in [6.45, 7) is 4.94. The second-order valence-corrected chi connectivity index (χ2v) is 5.21. The zero-order chi connectivity index (χ0) is 16.7. The largest absolute Gasteiger partial charge is 0.507 e. The number of fused-ring (bicyclic) bond motifs is 2. The number of ether oxygens (including phenoxy) is 1. The number of ketones is 2. The minimum Gasteiger partial charge on any atom is -0.507 e.